The van der Waals surface area contributed by atoms with E-state index in [0.29, 0.717) is 0 Å². The van der Waals surface area contributed by atoms with Gasteiger partial charge >= 0.3 is 0 Å². The van der Waals surface area contributed by atoms with Crippen LogP contribution in [0.4, 0.5) is 5.82 Å². The van der Waals surface area contributed by atoms with Crippen molar-refractivity contribution >= 4 is 33.5 Å². The second-order valence-corrected chi connectivity index (χ2v) is 7.11. The molecule has 0 aromatic carbocycles. The highest BCUT2D eigenvalue weighted by atomic mass is 79.9. The van der Waals surface area contributed by atoms with E-state index in [9.17, 15) is 0 Å². The Labute approximate surface area is 128 Å². The molecule has 1 aromatic heterocycles. The molecule has 0 amide bonds. The van der Waals surface area contributed by atoms with Crippen LogP contribution >= 0.6 is 27.7 Å². The van der Waals surface area contributed by atoms with Crippen molar-refractivity contribution in [1.29, 1.82) is 0 Å². The number of rotatable bonds is 6. The van der Waals surface area contributed by atoms with Crippen LogP contribution in [0.1, 0.15) is 50.5 Å². The molecule has 19 heavy (non-hydrogen) atoms. The van der Waals surface area contributed by atoms with Gasteiger partial charge in [0.25, 0.3) is 0 Å². The second-order valence-electron chi connectivity index (χ2n) is 5.03. The number of aryl methyl sites for hydroxylation is 1. The SMILES string of the molecule is CCCNc1nc(CSC2CCCC2)nc(C)c1Br. The predicted octanol–water partition coefficient (Wildman–Crippen LogP) is 4.55. The van der Waals surface area contributed by atoms with Crippen LogP contribution in [0.15, 0.2) is 4.47 Å². The standard InChI is InChI=1S/C14H22BrN3S/c1-3-8-16-14-13(15)10(2)17-12(18-14)9-19-11-6-4-5-7-11/h11H,3-9H2,1-2H3,(H,16,17,18). The zero-order chi connectivity index (χ0) is 13.7. The Morgan fingerprint density at radius 3 is 2.74 bits per heavy atom. The molecular formula is C14H22BrN3S. The van der Waals surface area contributed by atoms with Gasteiger partial charge < -0.3 is 5.32 Å². The van der Waals surface area contributed by atoms with Crippen LogP contribution in [0.25, 0.3) is 0 Å². The molecule has 3 nitrogen and oxygen atoms in total. The molecule has 5 heteroatoms. The predicted molar refractivity (Wildman–Crippen MR) is 86.8 cm³/mol. The molecule has 1 aliphatic carbocycles. The zero-order valence-electron chi connectivity index (χ0n) is 11.7. The summed E-state index contributed by atoms with van der Waals surface area (Å²) in [5.74, 6) is 2.83. The highest BCUT2D eigenvalue weighted by Gasteiger charge is 2.16. The van der Waals surface area contributed by atoms with E-state index in [2.05, 4.69) is 38.1 Å². The molecule has 0 unspecified atom stereocenters. The van der Waals surface area contributed by atoms with Crippen LogP contribution in [0.5, 0.6) is 0 Å². The Kier molecular flexibility index (Phi) is 5.95. The average molecular weight is 344 g/mol. The van der Waals surface area contributed by atoms with E-state index in [1.165, 1.54) is 25.7 Å². The summed E-state index contributed by atoms with van der Waals surface area (Å²) in [6.07, 6.45) is 6.60. The number of aromatic nitrogens is 2. The summed E-state index contributed by atoms with van der Waals surface area (Å²) >= 11 is 5.58. The molecule has 0 atom stereocenters. The van der Waals surface area contributed by atoms with Crippen molar-refractivity contribution in [2.24, 2.45) is 0 Å². The first-order valence-electron chi connectivity index (χ1n) is 7.09. The van der Waals surface area contributed by atoms with Crippen molar-refractivity contribution in [2.45, 2.75) is 57.0 Å². The Morgan fingerprint density at radius 2 is 2.05 bits per heavy atom. The highest BCUT2D eigenvalue weighted by molar-refractivity contribution is 9.10. The van der Waals surface area contributed by atoms with Gasteiger partial charge in [0.15, 0.2) is 0 Å². The van der Waals surface area contributed by atoms with Crippen LogP contribution in [-0.4, -0.2) is 21.8 Å². The quantitative estimate of drug-likeness (QED) is 0.822. The van der Waals surface area contributed by atoms with Crippen LogP contribution < -0.4 is 5.32 Å². The minimum atomic E-state index is 0.819. The topological polar surface area (TPSA) is 37.8 Å². The number of hydrogen-bond acceptors (Lipinski definition) is 4. The van der Waals surface area contributed by atoms with Crippen molar-refractivity contribution in [2.75, 3.05) is 11.9 Å². The van der Waals surface area contributed by atoms with Crippen LogP contribution in [0, 0.1) is 6.92 Å². The second kappa shape index (κ2) is 7.48. The maximum absolute atomic E-state index is 4.64. The minimum Gasteiger partial charge on any atom is -0.369 e. The van der Waals surface area contributed by atoms with Crippen LogP contribution in [0.2, 0.25) is 0 Å². The molecule has 1 aromatic rings. The summed E-state index contributed by atoms with van der Waals surface area (Å²) in [5.41, 5.74) is 1.02. The van der Waals surface area contributed by atoms with Gasteiger partial charge in [0.1, 0.15) is 11.6 Å². The van der Waals surface area contributed by atoms with E-state index in [1.807, 2.05) is 18.7 Å². The van der Waals surface area contributed by atoms with E-state index in [4.69, 9.17) is 0 Å². The molecule has 0 saturated heterocycles. The van der Waals surface area contributed by atoms with Gasteiger partial charge in [-0.15, -0.1) is 0 Å². The molecule has 1 saturated carbocycles. The fourth-order valence-electron chi connectivity index (χ4n) is 2.29. The third-order valence-corrected chi connectivity index (χ3v) is 5.67. The molecule has 106 valence electrons. The Hall–Kier alpha value is -0.290. The molecule has 0 bridgehead atoms. The van der Waals surface area contributed by atoms with Gasteiger partial charge in [0.05, 0.1) is 15.9 Å². The monoisotopic (exact) mass is 343 g/mol. The van der Waals surface area contributed by atoms with Crippen molar-refractivity contribution in [3.63, 3.8) is 0 Å². The molecule has 2 rings (SSSR count). The molecule has 1 N–H and O–H groups in total. The van der Waals surface area contributed by atoms with Gasteiger partial charge in [-0.05, 0) is 42.1 Å². The average Bonchev–Trinajstić information content (AvgIpc) is 2.91. The molecule has 0 aliphatic heterocycles. The number of nitrogens with one attached hydrogen (secondary N) is 1. The largest absolute Gasteiger partial charge is 0.369 e. The van der Waals surface area contributed by atoms with Crippen LogP contribution in [-0.2, 0) is 5.75 Å². The van der Waals surface area contributed by atoms with Crippen molar-refractivity contribution in [3.8, 4) is 0 Å². The van der Waals surface area contributed by atoms with Crippen molar-refractivity contribution < 1.29 is 0 Å². The first-order valence-corrected chi connectivity index (χ1v) is 8.93. The van der Waals surface area contributed by atoms with E-state index >= 15 is 0 Å². The molecule has 0 radical (unpaired) electrons. The smallest absolute Gasteiger partial charge is 0.144 e. The van der Waals surface area contributed by atoms with Gasteiger partial charge in [-0.25, -0.2) is 9.97 Å². The van der Waals surface area contributed by atoms with E-state index in [0.717, 1.165) is 45.8 Å². The maximum atomic E-state index is 4.64. The molecule has 1 fully saturated rings. The number of nitrogens with zero attached hydrogens (tertiary/aromatic N) is 2. The highest BCUT2D eigenvalue weighted by Crippen LogP contribution is 2.32. The summed E-state index contributed by atoms with van der Waals surface area (Å²) in [7, 11) is 0. The fraction of sp³-hybridized carbons (Fsp3) is 0.714. The summed E-state index contributed by atoms with van der Waals surface area (Å²) in [5, 5.41) is 4.18. The van der Waals surface area contributed by atoms with Crippen molar-refractivity contribution in [3.05, 3.63) is 16.0 Å². The van der Waals surface area contributed by atoms with Gasteiger partial charge in [-0.1, -0.05) is 19.8 Å². The third-order valence-electron chi connectivity index (χ3n) is 3.36. The molecule has 1 aliphatic rings. The summed E-state index contributed by atoms with van der Waals surface area (Å²) in [6.45, 7) is 5.14. The first kappa shape index (κ1) is 15.1. The summed E-state index contributed by atoms with van der Waals surface area (Å²) < 4.78 is 0.996. The molecule has 1 heterocycles. The lowest BCUT2D eigenvalue weighted by molar-refractivity contribution is 0.886. The lowest BCUT2D eigenvalue weighted by Gasteiger charge is -2.12. The van der Waals surface area contributed by atoms with Gasteiger partial charge in [-0.3, -0.25) is 0 Å². The molecular weight excluding hydrogens is 322 g/mol. The van der Waals surface area contributed by atoms with Gasteiger partial charge in [0.2, 0.25) is 0 Å². The first-order chi connectivity index (χ1) is 9.20. The van der Waals surface area contributed by atoms with Gasteiger partial charge in [-0.2, -0.15) is 11.8 Å². The maximum Gasteiger partial charge on any atom is 0.144 e. The normalized spacial score (nSPS) is 15.9. The van der Waals surface area contributed by atoms with Crippen LogP contribution in [0.3, 0.4) is 0 Å². The van der Waals surface area contributed by atoms with E-state index in [-0.39, 0.29) is 0 Å². The number of anilines is 1. The fourth-order valence-corrected chi connectivity index (χ4v) is 3.79. The summed E-state index contributed by atoms with van der Waals surface area (Å²) in [4.78, 5) is 9.23. The summed E-state index contributed by atoms with van der Waals surface area (Å²) in [6, 6.07) is 0. The molecule has 0 spiro atoms. The Bertz CT molecular complexity index is 419. The lowest BCUT2D eigenvalue weighted by atomic mass is 10.4. The zero-order valence-corrected chi connectivity index (χ0v) is 14.1. The minimum absolute atomic E-state index is 0.819. The number of halogens is 1. The van der Waals surface area contributed by atoms with Gasteiger partial charge in [0, 0.05) is 11.8 Å². The number of thioether (sulfide) groups is 1. The van der Waals surface area contributed by atoms with Crippen molar-refractivity contribution in [1.82, 2.24) is 9.97 Å². The van der Waals surface area contributed by atoms with E-state index in [1.54, 1.807) is 0 Å². The third kappa shape index (κ3) is 4.35. The lowest BCUT2D eigenvalue weighted by Crippen LogP contribution is -2.08. The van der Waals surface area contributed by atoms with E-state index < -0.39 is 0 Å². The number of hydrogen-bond donors (Lipinski definition) is 1. The Morgan fingerprint density at radius 1 is 1.32 bits per heavy atom. The Balaban J connectivity index is 2.00.